The Morgan fingerprint density at radius 1 is 1.00 bits per heavy atom. The highest BCUT2D eigenvalue weighted by Crippen LogP contribution is 2.17. The van der Waals surface area contributed by atoms with Gasteiger partial charge in [-0.2, -0.15) is 0 Å². The zero-order valence-electron chi connectivity index (χ0n) is 17.4. The third-order valence-corrected chi connectivity index (χ3v) is 4.75. The van der Waals surface area contributed by atoms with Crippen molar-refractivity contribution in [3.8, 4) is 0 Å². The summed E-state index contributed by atoms with van der Waals surface area (Å²) in [5, 5.41) is 5.55. The Labute approximate surface area is 167 Å². The van der Waals surface area contributed by atoms with Crippen LogP contribution in [0.3, 0.4) is 0 Å². The number of amides is 2. The molecule has 1 unspecified atom stereocenters. The number of rotatable bonds is 8. The predicted octanol–water partition coefficient (Wildman–Crippen LogP) is 1.14. The van der Waals surface area contributed by atoms with Crippen LogP contribution in [-0.2, 0) is 16.1 Å². The van der Waals surface area contributed by atoms with E-state index in [9.17, 15) is 9.59 Å². The monoisotopic (exact) mass is 383 g/mol. The van der Waals surface area contributed by atoms with Crippen molar-refractivity contribution in [3.63, 3.8) is 0 Å². The molecule has 0 fully saturated rings. The highest BCUT2D eigenvalue weighted by Gasteiger charge is 2.13. The van der Waals surface area contributed by atoms with E-state index >= 15 is 0 Å². The van der Waals surface area contributed by atoms with E-state index < -0.39 is 0 Å². The normalized spacial score (nSPS) is 11.6. The lowest BCUT2D eigenvalue weighted by Gasteiger charge is -2.16. The van der Waals surface area contributed by atoms with Crippen molar-refractivity contribution in [2.45, 2.75) is 20.4 Å². The Balaban J connectivity index is 1.76. The second-order valence-electron chi connectivity index (χ2n) is 7.44. The van der Waals surface area contributed by atoms with Crippen molar-refractivity contribution in [2.24, 2.45) is 0 Å². The first-order chi connectivity index (χ1) is 13.3. The SMILES string of the molecule is Cc1cccc(NC(=O)CNC(=O)C[NH+](C)Cc2ccc(N(C)C)cc2)c1C. The fraction of sp³-hybridized carbons (Fsp3) is 0.364. The van der Waals surface area contributed by atoms with Crippen LogP contribution < -0.4 is 20.4 Å². The van der Waals surface area contributed by atoms with Gasteiger partial charge in [0.2, 0.25) is 5.91 Å². The standard InChI is InChI=1S/C22H30N4O2/c1-16-7-6-8-20(17(16)2)24-21(27)13-23-22(28)15-26(5)14-18-9-11-19(12-10-18)25(3)4/h6-12H,13-15H2,1-5H3,(H,23,28)(H,24,27)/p+1. The van der Waals surface area contributed by atoms with Gasteiger partial charge in [0.1, 0.15) is 6.54 Å². The largest absolute Gasteiger partial charge is 0.378 e. The van der Waals surface area contributed by atoms with Gasteiger partial charge in [0.25, 0.3) is 5.91 Å². The molecule has 0 saturated carbocycles. The minimum Gasteiger partial charge on any atom is -0.378 e. The van der Waals surface area contributed by atoms with Gasteiger partial charge in [-0.05, 0) is 43.2 Å². The van der Waals surface area contributed by atoms with Crippen LogP contribution >= 0.6 is 0 Å². The second kappa shape index (κ2) is 9.90. The summed E-state index contributed by atoms with van der Waals surface area (Å²) in [6.07, 6.45) is 0. The van der Waals surface area contributed by atoms with Crippen molar-refractivity contribution in [1.29, 1.82) is 0 Å². The van der Waals surface area contributed by atoms with E-state index in [-0.39, 0.29) is 18.4 Å². The lowest BCUT2D eigenvalue weighted by Crippen LogP contribution is -3.08. The third-order valence-electron chi connectivity index (χ3n) is 4.75. The number of anilines is 2. The minimum atomic E-state index is -0.223. The molecule has 6 nitrogen and oxygen atoms in total. The van der Waals surface area contributed by atoms with Gasteiger partial charge in [-0.1, -0.05) is 24.3 Å². The molecule has 150 valence electrons. The molecule has 0 aromatic heterocycles. The van der Waals surface area contributed by atoms with E-state index in [1.165, 1.54) is 5.56 Å². The average molecular weight is 384 g/mol. The number of nitrogens with one attached hydrogen (secondary N) is 3. The number of quaternary nitrogens is 1. The fourth-order valence-corrected chi connectivity index (χ4v) is 2.92. The molecule has 3 N–H and O–H groups in total. The molecule has 1 atom stereocenters. The second-order valence-corrected chi connectivity index (χ2v) is 7.44. The van der Waals surface area contributed by atoms with Crippen molar-refractivity contribution in [2.75, 3.05) is 44.4 Å². The highest BCUT2D eigenvalue weighted by molar-refractivity contribution is 5.95. The van der Waals surface area contributed by atoms with E-state index in [0.717, 1.165) is 33.9 Å². The highest BCUT2D eigenvalue weighted by atomic mass is 16.2. The van der Waals surface area contributed by atoms with E-state index in [1.807, 2.05) is 53.2 Å². The van der Waals surface area contributed by atoms with Crippen molar-refractivity contribution in [3.05, 3.63) is 59.2 Å². The molecule has 0 aliphatic heterocycles. The molecule has 2 aromatic carbocycles. The number of benzene rings is 2. The van der Waals surface area contributed by atoms with Crippen molar-refractivity contribution >= 4 is 23.2 Å². The quantitative estimate of drug-likeness (QED) is 0.641. The molecule has 2 amide bonds. The molecular weight excluding hydrogens is 352 g/mol. The number of nitrogens with zero attached hydrogens (tertiary/aromatic N) is 1. The third kappa shape index (κ3) is 6.39. The molecular formula is C22H31N4O2+. The smallest absolute Gasteiger partial charge is 0.275 e. The van der Waals surface area contributed by atoms with Crippen LogP contribution in [0.15, 0.2) is 42.5 Å². The van der Waals surface area contributed by atoms with Crippen LogP contribution in [0, 0.1) is 13.8 Å². The van der Waals surface area contributed by atoms with Gasteiger partial charge in [0, 0.05) is 31.0 Å². The Hall–Kier alpha value is -2.86. The number of hydrogen-bond acceptors (Lipinski definition) is 3. The van der Waals surface area contributed by atoms with Gasteiger partial charge < -0.3 is 20.4 Å². The molecule has 2 aromatic rings. The molecule has 28 heavy (non-hydrogen) atoms. The van der Waals surface area contributed by atoms with Crippen molar-refractivity contribution < 1.29 is 14.5 Å². The zero-order chi connectivity index (χ0) is 20.7. The van der Waals surface area contributed by atoms with Gasteiger partial charge >= 0.3 is 0 Å². The van der Waals surface area contributed by atoms with Crippen LogP contribution in [-0.4, -0.2) is 46.0 Å². The summed E-state index contributed by atoms with van der Waals surface area (Å²) < 4.78 is 0. The van der Waals surface area contributed by atoms with Crippen LogP contribution in [0.2, 0.25) is 0 Å². The van der Waals surface area contributed by atoms with E-state index in [0.29, 0.717) is 6.54 Å². The van der Waals surface area contributed by atoms with Crippen LogP contribution in [0.1, 0.15) is 16.7 Å². The summed E-state index contributed by atoms with van der Waals surface area (Å²) in [5.41, 5.74) is 5.25. The summed E-state index contributed by atoms with van der Waals surface area (Å²) in [5.74, 6) is -0.363. The maximum atomic E-state index is 12.1. The van der Waals surface area contributed by atoms with Gasteiger partial charge in [-0.3, -0.25) is 9.59 Å². The summed E-state index contributed by atoms with van der Waals surface area (Å²) in [6, 6.07) is 14.1. The Kier molecular flexibility index (Phi) is 7.58. The number of carbonyl (C=O) groups excluding carboxylic acids is 2. The van der Waals surface area contributed by atoms with Crippen LogP contribution in [0.5, 0.6) is 0 Å². The molecule has 0 radical (unpaired) electrons. The lowest BCUT2D eigenvalue weighted by molar-refractivity contribution is -0.885. The number of carbonyl (C=O) groups is 2. The molecule has 0 bridgehead atoms. The lowest BCUT2D eigenvalue weighted by atomic mass is 10.1. The van der Waals surface area contributed by atoms with Gasteiger partial charge in [-0.15, -0.1) is 0 Å². The van der Waals surface area contributed by atoms with Gasteiger partial charge in [-0.25, -0.2) is 0 Å². The van der Waals surface area contributed by atoms with Crippen LogP contribution in [0.4, 0.5) is 11.4 Å². The first-order valence-electron chi connectivity index (χ1n) is 9.46. The maximum absolute atomic E-state index is 12.1. The number of hydrogen-bond donors (Lipinski definition) is 3. The number of aryl methyl sites for hydroxylation is 1. The summed E-state index contributed by atoms with van der Waals surface area (Å²) in [7, 11) is 5.98. The molecule has 0 heterocycles. The summed E-state index contributed by atoms with van der Waals surface area (Å²) >= 11 is 0. The van der Waals surface area contributed by atoms with E-state index in [4.69, 9.17) is 0 Å². The molecule has 0 aliphatic rings. The van der Waals surface area contributed by atoms with E-state index in [1.54, 1.807) is 0 Å². The fourth-order valence-electron chi connectivity index (χ4n) is 2.92. The minimum absolute atomic E-state index is 0.0307. The molecule has 0 saturated heterocycles. The Morgan fingerprint density at radius 2 is 1.68 bits per heavy atom. The molecule has 0 spiro atoms. The van der Waals surface area contributed by atoms with Gasteiger partial charge in [0.05, 0.1) is 13.6 Å². The molecule has 6 heteroatoms. The summed E-state index contributed by atoms with van der Waals surface area (Å²) in [6.45, 7) is 4.99. The van der Waals surface area contributed by atoms with E-state index in [2.05, 4.69) is 39.8 Å². The first-order valence-corrected chi connectivity index (χ1v) is 9.46. The Morgan fingerprint density at radius 3 is 2.32 bits per heavy atom. The predicted molar refractivity (Wildman–Crippen MR) is 114 cm³/mol. The first kappa shape index (κ1) is 21.4. The molecule has 2 rings (SSSR count). The summed E-state index contributed by atoms with van der Waals surface area (Å²) in [4.78, 5) is 27.4. The van der Waals surface area contributed by atoms with Crippen LogP contribution in [0.25, 0.3) is 0 Å². The average Bonchev–Trinajstić information content (AvgIpc) is 2.64. The van der Waals surface area contributed by atoms with Crippen molar-refractivity contribution in [1.82, 2.24) is 5.32 Å². The zero-order valence-corrected chi connectivity index (χ0v) is 17.4. The topological polar surface area (TPSA) is 65.9 Å². The Bertz CT molecular complexity index is 816. The maximum Gasteiger partial charge on any atom is 0.275 e. The van der Waals surface area contributed by atoms with Gasteiger partial charge in [0.15, 0.2) is 6.54 Å². The number of likely N-dealkylation sites (N-methyl/N-ethyl adjacent to an activating group) is 1. The molecule has 0 aliphatic carbocycles.